The van der Waals surface area contributed by atoms with E-state index in [0.717, 1.165) is 77.0 Å². The zero-order valence-electron chi connectivity index (χ0n) is 42.0. The Kier molecular flexibility index (Phi) is 36.6. The molecule has 0 saturated carbocycles. The van der Waals surface area contributed by atoms with E-state index in [-0.39, 0.29) is 19.4 Å². The molecule has 0 spiro atoms. The first-order valence-electron chi connectivity index (χ1n) is 25.9. The summed E-state index contributed by atoms with van der Waals surface area (Å²) >= 11 is 0. The zero-order valence-corrected chi connectivity index (χ0v) is 42.0. The molecule has 398 valence electrons. The maximum Gasteiger partial charge on any atom is 0.306 e. The summed E-state index contributed by atoms with van der Waals surface area (Å²) in [5.41, 5.74) is 0. The molecule has 0 bridgehead atoms. The first-order chi connectivity index (χ1) is 34.0. The summed E-state index contributed by atoms with van der Waals surface area (Å²) in [4.78, 5) is 25.7. The van der Waals surface area contributed by atoms with Crippen molar-refractivity contribution in [3.05, 3.63) is 97.2 Å². The lowest BCUT2D eigenvalue weighted by atomic mass is 9.98. The third kappa shape index (κ3) is 28.5. The molecule has 7 N–H and O–H groups in total. The summed E-state index contributed by atoms with van der Waals surface area (Å²) < 4.78 is 33.5. The quantitative estimate of drug-likeness (QED) is 0.0139. The van der Waals surface area contributed by atoms with Crippen LogP contribution in [-0.2, 0) is 38.0 Å². The predicted molar refractivity (Wildman–Crippen MR) is 270 cm³/mol. The second-order valence-electron chi connectivity index (χ2n) is 17.7. The first-order valence-corrected chi connectivity index (χ1v) is 25.9. The third-order valence-electron chi connectivity index (χ3n) is 11.6. The maximum absolute atomic E-state index is 13.0. The van der Waals surface area contributed by atoms with Crippen LogP contribution in [0.4, 0.5) is 0 Å². The number of unbranched alkanes of at least 4 members (excludes halogenated alkanes) is 10. The molecule has 0 aromatic heterocycles. The fourth-order valence-electron chi connectivity index (χ4n) is 7.35. The van der Waals surface area contributed by atoms with Gasteiger partial charge in [0.15, 0.2) is 18.7 Å². The molecule has 0 aromatic rings. The fraction of sp³-hybridized carbons (Fsp3) is 0.673. The Labute approximate surface area is 417 Å². The highest BCUT2D eigenvalue weighted by Crippen LogP contribution is 2.26. The maximum atomic E-state index is 13.0. The molecule has 15 heteroatoms. The van der Waals surface area contributed by atoms with Crippen LogP contribution in [0, 0.1) is 0 Å². The number of aliphatic hydroxyl groups excluding tert-OH is 7. The van der Waals surface area contributed by atoms with Crippen LogP contribution in [-0.4, -0.2) is 142 Å². The van der Waals surface area contributed by atoms with Gasteiger partial charge in [0, 0.05) is 12.8 Å². The normalized spacial score (nSPS) is 26.2. The molecular formula is C55H88O15. The molecule has 2 saturated heterocycles. The smallest absolute Gasteiger partial charge is 0.306 e. The van der Waals surface area contributed by atoms with Crippen LogP contribution in [0.2, 0.25) is 0 Å². The molecule has 0 aliphatic carbocycles. The Morgan fingerprint density at radius 3 is 1.56 bits per heavy atom. The van der Waals surface area contributed by atoms with Gasteiger partial charge in [-0.3, -0.25) is 9.59 Å². The van der Waals surface area contributed by atoms with Crippen molar-refractivity contribution in [2.45, 2.75) is 210 Å². The van der Waals surface area contributed by atoms with E-state index in [1.54, 1.807) is 0 Å². The minimum absolute atomic E-state index is 0.126. The molecule has 2 rings (SSSR count). The Balaban J connectivity index is 1.82. The number of carbonyl (C=O) groups is 2. The van der Waals surface area contributed by atoms with Gasteiger partial charge in [0.25, 0.3) is 0 Å². The summed E-state index contributed by atoms with van der Waals surface area (Å²) in [7, 11) is 0. The Morgan fingerprint density at radius 1 is 0.486 bits per heavy atom. The van der Waals surface area contributed by atoms with E-state index in [2.05, 4.69) is 86.8 Å². The molecule has 2 aliphatic rings. The Morgan fingerprint density at radius 2 is 0.957 bits per heavy atom. The minimum Gasteiger partial charge on any atom is -0.462 e. The van der Waals surface area contributed by atoms with Gasteiger partial charge < -0.3 is 64.2 Å². The van der Waals surface area contributed by atoms with Crippen molar-refractivity contribution < 1.29 is 73.8 Å². The summed E-state index contributed by atoms with van der Waals surface area (Å²) in [5.74, 6) is -1.01. The fourth-order valence-corrected chi connectivity index (χ4v) is 7.35. The second-order valence-corrected chi connectivity index (χ2v) is 17.7. The van der Waals surface area contributed by atoms with Crippen molar-refractivity contribution in [3.8, 4) is 0 Å². The van der Waals surface area contributed by atoms with E-state index in [1.807, 2.05) is 24.3 Å². The van der Waals surface area contributed by atoms with Crippen LogP contribution in [0.3, 0.4) is 0 Å². The highest BCUT2D eigenvalue weighted by atomic mass is 16.7. The van der Waals surface area contributed by atoms with E-state index >= 15 is 0 Å². The van der Waals surface area contributed by atoms with Crippen molar-refractivity contribution >= 4 is 11.9 Å². The lowest BCUT2D eigenvalue weighted by Gasteiger charge is -2.42. The SMILES string of the molecule is CC/C=C/C=C/C=C/CCCCCCCC(=O)OC(COC(=O)CCCC/C=C/C/C=C/C/C=C/C/C=C/C/C=C/CCCCC)CO[C@@H]1O[C@H](CO[C@@H]2O[C@H](CO)[C@H](O)C(O)C2O)[C@H](O)C(O)C1O. The summed E-state index contributed by atoms with van der Waals surface area (Å²) in [6, 6.07) is 0. The van der Waals surface area contributed by atoms with E-state index in [0.29, 0.717) is 12.8 Å². The molecule has 2 heterocycles. The number of rotatable bonds is 38. The lowest BCUT2D eigenvalue weighted by molar-refractivity contribution is -0.332. The van der Waals surface area contributed by atoms with Crippen molar-refractivity contribution in [2.75, 3.05) is 26.4 Å². The van der Waals surface area contributed by atoms with Crippen molar-refractivity contribution in [2.24, 2.45) is 0 Å². The van der Waals surface area contributed by atoms with Crippen LogP contribution >= 0.6 is 0 Å². The van der Waals surface area contributed by atoms with Gasteiger partial charge in [0.2, 0.25) is 0 Å². The Bertz CT molecular complexity index is 1580. The van der Waals surface area contributed by atoms with Crippen LogP contribution in [0.5, 0.6) is 0 Å². The summed E-state index contributed by atoms with van der Waals surface area (Å²) in [5, 5.41) is 72.1. The van der Waals surface area contributed by atoms with E-state index in [4.69, 9.17) is 28.4 Å². The molecule has 0 radical (unpaired) electrons. The monoisotopic (exact) mass is 989 g/mol. The lowest BCUT2D eigenvalue weighted by Crippen LogP contribution is -2.61. The third-order valence-corrected chi connectivity index (χ3v) is 11.6. The van der Waals surface area contributed by atoms with Crippen LogP contribution < -0.4 is 0 Å². The minimum atomic E-state index is -1.78. The standard InChI is InChI=1S/C55H88O15/c1-3-5-7-9-11-13-15-17-18-19-20-21-22-23-24-26-27-29-31-33-35-37-46(57)65-40-43(68-47(58)38-36-34-32-30-28-25-16-14-12-10-8-6-4-2)41-66-54-53(64)51(62)49(60)45(70-54)42-67-55-52(63)50(61)48(59)44(39-56)69-55/h6,8,10-14,16-18,20-21,23-24,27,29,43-45,48-56,59-64H,3-5,7,9,15,19,22,25-26,28,30-42H2,1-2H3/b8-6+,12-10+,13-11+,16-14+,18-17+,21-20+,24-23+,29-27+/t43?,44-,45-,48+,49+,50?,51?,52?,53?,54-,55-/m1/s1. The van der Waals surface area contributed by atoms with Gasteiger partial charge >= 0.3 is 11.9 Å². The van der Waals surface area contributed by atoms with Gasteiger partial charge in [-0.05, 0) is 83.5 Å². The second kappa shape index (κ2) is 41.0. The van der Waals surface area contributed by atoms with E-state index in [1.165, 1.54) is 25.7 Å². The van der Waals surface area contributed by atoms with Crippen LogP contribution in [0.1, 0.15) is 142 Å². The number of esters is 2. The zero-order chi connectivity index (χ0) is 51.0. The van der Waals surface area contributed by atoms with E-state index in [9.17, 15) is 45.3 Å². The first kappa shape index (κ1) is 62.5. The molecule has 0 amide bonds. The number of allylic oxidation sites excluding steroid dienone is 16. The number of ether oxygens (including phenoxy) is 6. The number of aliphatic hydroxyl groups is 7. The molecule has 0 aromatic carbocycles. The highest BCUT2D eigenvalue weighted by molar-refractivity contribution is 5.70. The van der Waals surface area contributed by atoms with Crippen molar-refractivity contribution in [1.29, 1.82) is 0 Å². The number of hydrogen-bond acceptors (Lipinski definition) is 15. The Hall–Kier alpha value is -3.58. The van der Waals surface area contributed by atoms with Gasteiger partial charge in [-0.15, -0.1) is 0 Å². The van der Waals surface area contributed by atoms with Gasteiger partial charge in [0.05, 0.1) is 19.8 Å². The molecule has 15 nitrogen and oxygen atoms in total. The van der Waals surface area contributed by atoms with Crippen molar-refractivity contribution in [3.63, 3.8) is 0 Å². The molecule has 2 fully saturated rings. The van der Waals surface area contributed by atoms with Gasteiger partial charge in [0.1, 0.15) is 55.4 Å². The average molecular weight is 989 g/mol. The predicted octanol–water partition coefficient (Wildman–Crippen LogP) is 7.37. The van der Waals surface area contributed by atoms with Gasteiger partial charge in [-0.25, -0.2) is 0 Å². The average Bonchev–Trinajstić information content (AvgIpc) is 3.35. The van der Waals surface area contributed by atoms with Crippen LogP contribution in [0.25, 0.3) is 0 Å². The molecule has 70 heavy (non-hydrogen) atoms. The summed E-state index contributed by atoms with van der Waals surface area (Å²) in [6.45, 7) is 2.33. The molecule has 11 atom stereocenters. The summed E-state index contributed by atoms with van der Waals surface area (Å²) in [6.07, 6.45) is 34.4. The molecule has 2 aliphatic heterocycles. The van der Waals surface area contributed by atoms with Gasteiger partial charge in [-0.2, -0.15) is 0 Å². The van der Waals surface area contributed by atoms with Gasteiger partial charge in [-0.1, -0.05) is 143 Å². The number of carbonyl (C=O) groups excluding carboxylic acids is 2. The largest absolute Gasteiger partial charge is 0.462 e. The molecule has 5 unspecified atom stereocenters. The van der Waals surface area contributed by atoms with Crippen molar-refractivity contribution in [1.82, 2.24) is 0 Å². The van der Waals surface area contributed by atoms with E-state index < -0.39 is 99.3 Å². The number of hydrogen-bond donors (Lipinski definition) is 7. The topological polar surface area (TPSA) is 231 Å². The molecular weight excluding hydrogens is 901 g/mol. The van der Waals surface area contributed by atoms with Crippen LogP contribution in [0.15, 0.2) is 97.2 Å². The highest BCUT2D eigenvalue weighted by Gasteiger charge is 2.47.